The van der Waals surface area contributed by atoms with Crippen LogP contribution in [0.15, 0.2) is 82.8 Å². The van der Waals surface area contributed by atoms with E-state index in [1.165, 1.54) is 52.5 Å². The number of fused-ring (bicyclic) bond motifs is 2. The number of hydrogen-bond acceptors (Lipinski definition) is 10. The summed E-state index contributed by atoms with van der Waals surface area (Å²) in [5.41, 5.74) is 5.82. The van der Waals surface area contributed by atoms with E-state index in [0.29, 0.717) is 11.3 Å². The van der Waals surface area contributed by atoms with Crippen molar-refractivity contribution in [2.45, 2.75) is 65.0 Å². The fourth-order valence-electron chi connectivity index (χ4n) is 5.67. The maximum absolute atomic E-state index is 13.9. The minimum atomic E-state index is -1.04. The highest BCUT2D eigenvalue weighted by Crippen LogP contribution is 2.29. The summed E-state index contributed by atoms with van der Waals surface area (Å²) in [5.74, 6) is -3.05. The number of rotatable bonds is 6. The fraction of sp³-hybridized carbons (Fsp3) is 0.417. The highest BCUT2D eigenvalue weighted by Gasteiger charge is 2.34. The molecule has 13 nitrogen and oxygen atoms in total. The molecule has 2 bridgehead atoms. The van der Waals surface area contributed by atoms with E-state index in [0.717, 1.165) is 6.08 Å². The molecule has 0 saturated carbocycles. The molecule has 0 radical (unpaired) electrons. The molecule has 0 fully saturated rings. The van der Waals surface area contributed by atoms with Crippen molar-refractivity contribution in [3.63, 3.8) is 0 Å². The predicted octanol–water partition coefficient (Wildman–Crippen LogP) is 3.20. The van der Waals surface area contributed by atoms with Crippen molar-refractivity contribution in [1.82, 2.24) is 10.6 Å². The molecule has 0 saturated heterocycles. The number of methoxy groups -OCH3 is 3. The van der Waals surface area contributed by atoms with Gasteiger partial charge in [-0.2, -0.15) is 0 Å². The van der Waals surface area contributed by atoms with Gasteiger partial charge in [0.05, 0.1) is 30.7 Å². The number of Topliss-reactive ketones (excluding diaryl/α,β-unsaturated/α-hetero) is 1. The maximum Gasteiger partial charge on any atom is 0.405 e. The van der Waals surface area contributed by atoms with Crippen LogP contribution in [0.1, 0.15) is 50.9 Å². The zero-order valence-corrected chi connectivity index (χ0v) is 28.8. The lowest BCUT2D eigenvalue weighted by molar-refractivity contribution is -0.120. The molecular weight excluding hydrogens is 634 g/mol. The van der Waals surface area contributed by atoms with Crippen LogP contribution in [-0.4, -0.2) is 80.3 Å². The quantitative estimate of drug-likeness (QED) is 0.256. The topological polar surface area (TPSA) is 193 Å². The molecular formula is C36H45N3O10. The summed E-state index contributed by atoms with van der Waals surface area (Å²) in [4.78, 5) is 65.6. The van der Waals surface area contributed by atoms with Gasteiger partial charge in [-0.1, -0.05) is 44.2 Å². The van der Waals surface area contributed by atoms with Crippen molar-refractivity contribution >= 4 is 29.5 Å². The van der Waals surface area contributed by atoms with Crippen molar-refractivity contribution in [2.75, 3.05) is 21.3 Å². The number of carbonyl (C=O) groups is 5. The van der Waals surface area contributed by atoms with Gasteiger partial charge in [-0.15, -0.1) is 0 Å². The smallest absolute Gasteiger partial charge is 0.405 e. The van der Waals surface area contributed by atoms with E-state index in [-0.39, 0.29) is 46.9 Å². The van der Waals surface area contributed by atoms with Gasteiger partial charge in [0.25, 0.3) is 11.8 Å². The third kappa shape index (κ3) is 10.1. The second kappa shape index (κ2) is 17.5. The molecule has 0 aromatic heterocycles. The van der Waals surface area contributed by atoms with Crippen molar-refractivity contribution in [3.8, 4) is 5.75 Å². The average molecular weight is 680 g/mol. The van der Waals surface area contributed by atoms with Crippen molar-refractivity contribution in [1.29, 1.82) is 0 Å². The third-order valence-electron chi connectivity index (χ3n) is 8.36. The number of nitrogens with two attached hydrogens (primary N) is 1. The minimum Gasteiger partial charge on any atom is -0.497 e. The molecule has 1 heterocycles. The normalized spacial score (nSPS) is 28.7. The Morgan fingerprint density at radius 3 is 2.41 bits per heavy atom. The van der Waals surface area contributed by atoms with Gasteiger partial charge in [-0.3, -0.25) is 19.2 Å². The second-order valence-electron chi connectivity index (χ2n) is 12.1. The van der Waals surface area contributed by atoms with Crippen molar-refractivity contribution in [3.05, 3.63) is 88.3 Å². The maximum atomic E-state index is 13.9. The number of aliphatic hydroxyl groups is 1. The Labute approximate surface area is 285 Å². The second-order valence-corrected chi connectivity index (χ2v) is 12.1. The Morgan fingerprint density at radius 1 is 1.06 bits per heavy atom. The monoisotopic (exact) mass is 679 g/mol. The Hall–Kier alpha value is -4.85. The van der Waals surface area contributed by atoms with E-state index in [1.807, 2.05) is 6.92 Å². The Balaban J connectivity index is 2.10. The summed E-state index contributed by atoms with van der Waals surface area (Å²) in [5, 5.41) is 16.5. The highest BCUT2D eigenvalue weighted by molar-refractivity contribution is 6.24. The van der Waals surface area contributed by atoms with E-state index in [1.54, 1.807) is 38.1 Å². The number of primary amides is 1. The average Bonchev–Trinajstić information content (AvgIpc) is 3.07. The number of allylic oxidation sites excluding steroid dienone is 4. The molecule has 3 rings (SSSR count). The van der Waals surface area contributed by atoms with Crippen LogP contribution in [-0.2, 0) is 28.6 Å². The zero-order valence-electron chi connectivity index (χ0n) is 28.8. The number of amides is 3. The molecule has 1 aliphatic heterocycles. The van der Waals surface area contributed by atoms with Crippen LogP contribution in [0.5, 0.6) is 5.75 Å². The zero-order chi connectivity index (χ0) is 36.4. The first-order valence-electron chi connectivity index (χ1n) is 15.7. The molecule has 2 aliphatic rings. The van der Waals surface area contributed by atoms with Crippen LogP contribution in [0.25, 0.3) is 0 Å². The molecule has 264 valence electrons. The standard InChI is InChI=1S/C36H45N3O10/c1-19-14-25-30(39-35(44)23-11-9-12-24(17-23)46-5)27(40)18-26(32(25)42)38-34(43)20(2)10-8-13-28(47-6)33(49-36(37)45)22(4)16-21(3)31(41)29(15-19)48-7/h8-13,16-19,21,28-29,31,33,41H,14-15H2,1-7H3,(H2,37,45)(H,38,43)(H,39,44)/b13-8-,20-10-,22-16-/t19-,21+,28-,29-,31+,33-/m1/s1. The summed E-state index contributed by atoms with van der Waals surface area (Å²) in [6, 6.07) is 6.31. The first-order valence-corrected chi connectivity index (χ1v) is 15.7. The fourth-order valence-corrected chi connectivity index (χ4v) is 5.67. The molecule has 49 heavy (non-hydrogen) atoms. The lowest BCUT2D eigenvalue weighted by Crippen LogP contribution is -2.38. The van der Waals surface area contributed by atoms with Gasteiger partial charge in [-0.25, -0.2) is 4.79 Å². The van der Waals surface area contributed by atoms with Crippen LogP contribution in [0.3, 0.4) is 0 Å². The summed E-state index contributed by atoms with van der Waals surface area (Å²) in [6.45, 7) is 6.80. The molecule has 3 amide bonds. The highest BCUT2D eigenvalue weighted by atomic mass is 16.6. The molecule has 0 unspecified atom stereocenters. The largest absolute Gasteiger partial charge is 0.497 e. The number of hydrogen-bond donors (Lipinski definition) is 4. The van der Waals surface area contributed by atoms with E-state index in [9.17, 15) is 29.1 Å². The molecule has 1 aromatic rings. The van der Waals surface area contributed by atoms with Gasteiger partial charge in [0.15, 0.2) is 6.10 Å². The lowest BCUT2D eigenvalue weighted by Gasteiger charge is -2.30. The van der Waals surface area contributed by atoms with Gasteiger partial charge in [0.2, 0.25) is 11.6 Å². The third-order valence-corrected chi connectivity index (χ3v) is 8.36. The minimum absolute atomic E-state index is 0.00292. The SMILES string of the molecule is COc1cccc(C(=O)NC2=C3C[C@@H](C)C[C@@H](OC)[C@@H](O)[C@@H](C)/C=C(/C)[C@@H](OC(N)=O)[C@H](OC)/C=C\C=C(\C)C(=O)NC(=CC2=O)C3=O)c1. The predicted molar refractivity (Wildman–Crippen MR) is 180 cm³/mol. The number of ether oxygens (including phenoxy) is 4. The van der Waals surface area contributed by atoms with E-state index < -0.39 is 59.8 Å². The van der Waals surface area contributed by atoms with E-state index in [2.05, 4.69) is 10.6 Å². The van der Waals surface area contributed by atoms with Crippen molar-refractivity contribution < 1.29 is 48.0 Å². The van der Waals surface area contributed by atoms with Gasteiger partial charge in [0, 0.05) is 42.9 Å². The van der Waals surface area contributed by atoms with Crippen LogP contribution in [0.4, 0.5) is 4.79 Å². The van der Waals surface area contributed by atoms with E-state index >= 15 is 0 Å². The number of nitrogens with one attached hydrogen (secondary N) is 2. The van der Waals surface area contributed by atoms with Gasteiger partial charge < -0.3 is 40.4 Å². The Kier molecular flexibility index (Phi) is 13.8. The van der Waals surface area contributed by atoms with Gasteiger partial charge in [-0.05, 0) is 56.4 Å². The number of carbonyl (C=O) groups excluding carboxylic acids is 5. The van der Waals surface area contributed by atoms with Crippen LogP contribution < -0.4 is 21.1 Å². The lowest BCUT2D eigenvalue weighted by atomic mass is 9.85. The summed E-state index contributed by atoms with van der Waals surface area (Å²) in [6.07, 6.45) is 2.92. The first kappa shape index (κ1) is 38.6. The van der Waals surface area contributed by atoms with E-state index in [4.69, 9.17) is 24.7 Å². The van der Waals surface area contributed by atoms with Gasteiger partial charge in [0.1, 0.15) is 11.9 Å². The molecule has 6 atom stereocenters. The van der Waals surface area contributed by atoms with Crippen molar-refractivity contribution in [2.24, 2.45) is 17.6 Å². The van der Waals surface area contributed by atoms with Gasteiger partial charge >= 0.3 is 6.09 Å². The molecule has 1 aliphatic carbocycles. The number of benzene rings is 1. The van der Waals surface area contributed by atoms with Crippen LogP contribution in [0.2, 0.25) is 0 Å². The first-order chi connectivity index (χ1) is 23.2. The molecule has 13 heteroatoms. The summed E-state index contributed by atoms with van der Waals surface area (Å²) < 4.78 is 21.8. The molecule has 1 aromatic carbocycles. The molecule has 5 N–H and O–H groups in total. The summed E-state index contributed by atoms with van der Waals surface area (Å²) in [7, 11) is 4.32. The molecule has 0 spiro atoms. The number of aliphatic hydroxyl groups excluding tert-OH is 1. The Bertz CT molecular complexity index is 1610. The van der Waals surface area contributed by atoms with Crippen LogP contribution >= 0.6 is 0 Å². The Morgan fingerprint density at radius 2 is 1.78 bits per heavy atom. The summed E-state index contributed by atoms with van der Waals surface area (Å²) >= 11 is 0. The van der Waals surface area contributed by atoms with Crippen LogP contribution in [0, 0.1) is 11.8 Å². The number of ketones is 2.